The topological polar surface area (TPSA) is 34.1 Å². The van der Waals surface area contributed by atoms with Gasteiger partial charge in [0.05, 0.1) is 12.4 Å². The first-order valence-corrected chi connectivity index (χ1v) is 11.0. The number of rotatable bonds is 6. The summed E-state index contributed by atoms with van der Waals surface area (Å²) in [5.41, 5.74) is 2.35. The summed E-state index contributed by atoms with van der Waals surface area (Å²) in [5, 5.41) is 1.06. The summed E-state index contributed by atoms with van der Waals surface area (Å²) in [4.78, 5) is 7.20. The van der Waals surface area contributed by atoms with E-state index in [-0.39, 0.29) is 16.7 Å². The molecule has 1 saturated carbocycles. The maximum Gasteiger partial charge on any atom is 0.161 e. The van der Waals surface area contributed by atoms with Gasteiger partial charge in [0.1, 0.15) is 11.5 Å². The van der Waals surface area contributed by atoms with E-state index in [4.69, 9.17) is 26.1 Å². The Morgan fingerprint density at radius 2 is 1.79 bits per heavy atom. The number of aliphatic imine (C=N–C) groups is 1. The molecule has 0 bridgehead atoms. The lowest BCUT2D eigenvalue weighted by atomic mass is 10.1. The standard InChI is InChI=1S/C22H23ClN2O2S/c1-26-20-10-15(4-9-19(20)27-18-12-25(13-18)17-7-8-17)21-11-24-22(28-21)14-2-5-16(23)6-3-14/h2-6,9-11,17-18,21-22H,7-8,12-13H2,1H3. The molecule has 2 unspecified atom stereocenters. The number of benzene rings is 2. The molecule has 28 heavy (non-hydrogen) atoms. The Hall–Kier alpha value is -1.69. The van der Waals surface area contributed by atoms with E-state index in [1.807, 2.05) is 48.3 Å². The summed E-state index contributed by atoms with van der Waals surface area (Å²) in [6.45, 7) is 2.06. The van der Waals surface area contributed by atoms with Crippen molar-refractivity contribution >= 4 is 29.6 Å². The lowest BCUT2D eigenvalue weighted by molar-refractivity contribution is 0.0128. The van der Waals surface area contributed by atoms with E-state index in [2.05, 4.69) is 17.0 Å². The highest BCUT2D eigenvalue weighted by molar-refractivity contribution is 8.00. The molecule has 0 N–H and O–H groups in total. The molecule has 4 nitrogen and oxygen atoms in total. The first-order valence-electron chi connectivity index (χ1n) is 9.72. The van der Waals surface area contributed by atoms with Crippen LogP contribution in [0.5, 0.6) is 11.5 Å². The van der Waals surface area contributed by atoms with Gasteiger partial charge in [0.25, 0.3) is 0 Å². The maximum atomic E-state index is 6.18. The van der Waals surface area contributed by atoms with Crippen molar-refractivity contribution in [1.29, 1.82) is 0 Å². The van der Waals surface area contributed by atoms with Crippen LogP contribution in [0.3, 0.4) is 0 Å². The highest BCUT2D eigenvalue weighted by Crippen LogP contribution is 2.46. The first-order chi connectivity index (χ1) is 13.7. The van der Waals surface area contributed by atoms with Gasteiger partial charge < -0.3 is 9.47 Å². The number of hydrogen-bond donors (Lipinski definition) is 0. The summed E-state index contributed by atoms with van der Waals surface area (Å²) in [6.07, 6.45) is 5.00. The van der Waals surface area contributed by atoms with Crippen LogP contribution >= 0.6 is 23.4 Å². The van der Waals surface area contributed by atoms with Gasteiger partial charge in [-0.1, -0.05) is 29.8 Å². The number of ether oxygens (including phenoxy) is 2. The second-order valence-electron chi connectivity index (χ2n) is 7.59. The molecular weight excluding hydrogens is 392 g/mol. The molecule has 0 spiro atoms. The van der Waals surface area contributed by atoms with Crippen LogP contribution in [0.15, 0.2) is 47.5 Å². The largest absolute Gasteiger partial charge is 0.493 e. The molecule has 0 radical (unpaired) electrons. The van der Waals surface area contributed by atoms with Crippen molar-refractivity contribution in [3.63, 3.8) is 0 Å². The number of hydrogen-bond acceptors (Lipinski definition) is 5. The van der Waals surface area contributed by atoms with Gasteiger partial charge >= 0.3 is 0 Å². The van der Waals surface area contributed by atoms with Crippen molar-refractivity contribution in [1.82, 2.24) is 4.90 Å². The predicted molar refractivity (Wildman–Crippen MR) is 115 cm³/mol. The molecule has 3 aliphatic rings. The predicted octanol–water partition coefficient (Wildman–Crippen LogP) is 5.13. The summed E-state index contributed by atoms with van der Waals surface area (Å²) < 4.78 is 11.8. The lowest BCUT2D eigenvalue weighted by Crippen LogP contribution is -2.54. The Morgan fingerprint density at radius 1 is 1.04 bits per heavy atom. The minimum atomic E-state index is 0.104. The molecule has 2 aromatic carbocycles. The zero-order valence-electron chi connectivity index (χ0n) is 15.8. The van der Waals surface area contributed by atoms with Gasteiger partial charge in [-0.2, -0.15) is 0 Å². The highest BCUT2D eigenvalue weighted by Gasteiger charge is 2.39. The van der Waals surface area contributed by atoms with E-state index in [1.54, 1.807) is 7.11 Å². The van der Waals surface area contributed by atoms with Gasteiger partial charge in [0.15, 0.2) is 11.5 Å². The Bertz CT molecular complexity index is 879. The van der Waals surface area contributed by atoms with Crippen molar-refractivity contribution in [2.45, 2.75) is 35.6 Å². The number of nitrogens with zero attached hydrogens (tertiary/aromatic N) is 2. The number of methoxy groups -OCH3 is 1. The summed E-state index contributed by atoms with van der Waals surface area (Å²) in [5.74, 6) is 1.63. The molecule has 5 rings (SSSR count). The molecule has 0 aromatic heterocycles. The molecular formula is C22H23ClN2O2S. The average Bonchev–Trinajstić information content (AvgIpc) is 3.40. The van der Waals surface area contributed by atoms with Crippen LogP contribution in [0.1, 0.15) is 34.6 Å². The van der Waals surface area contributed by atoms with Crippen molar-refractivity contribution in [3.05, 3.63) is 58.6 Å². The zero-order valence-corrected chi connectivity index (χ0v) is 17.3. The fourth-order valence-corrected chi connectivity index (χ4v) is 5.05. The Labute approximate surface area is 174 Å². The van der Waals surface area contributed by atoms with Gasteiger partial charge in [-0.15, -0.1) is 11.8 Å². The molecule has 2 heterocycles. The smallest absolute Gasteiger partial charge is 0.161 e. The van der Waals surface area contributed by atoms with Gasteiger partial charge in [-0.25, -0.2) is 0 Å². The maximum absolute atomic E-state index is 6.18. The number of likely N-dealkylation sites (tertiary alicyclic amines) is 1. The molecule has 2 aliphatic heterocycles. The van der Waals surface area contributed by atoms with Crippen LogP contribution in [0.2, 0.25) is 5.02 Å². The Balaban J connectivity index is 1.24. The van der Waals surface area contributed by atoms with Crippen LogP contribution in [0.25, 0.3) is 0 Å². The molecule has 0 amide bonds. The van der Waals surface area contributed by atoms with Crippen molar-refractivity contribution in [2.24, 2.45) is 4.99 Å². The van der Waals surface area contributed by atoms with Crippen LogP contribution in [0, 0.1) is 0 Å². The highest BCUT2D eigenvalue weighted by atomic mass is 35.5. The Kier molecular flexibility index (Phi) is 4.99. The number of halogens is 1. The molecule has 2 fully saturated rings. The van der Waals surface area contributed by atoms with Gasteiger partial charge in [-0.3, -0.25) is 9.89 Å². The molecule has 1 saturated heterocycles. The van der Waals surface area contributed by atoms with Gasteiger partial charge in [-0.05, 0) is 48.2 Å². The van der Waals surface area contributed by atoms with E-state index in [1.165, 1.54) is 24.0 Å². The lowest BCUT2D eigenvalue weighted by Gasteiger charge is -2.39. The zero-order chi connectivity index (χ0) is 19.1. The van der Waals surface area contributed by atoms with Crippen molar-refractivity contribution in [3.8, 4) is 11.5 Å². The van der Waals surface area contributed by atoms with E-state index >= 15 is 0 Å². The van der Waals surface area contributed by atoms with Crippen LogP contribution in [0.4, 0.5) is 0 Å². The van der Waals surface area contributed by atoms with Gasteiger partial charge in [0.2, 0.25) is 0 Å². The summed E-state index contributed by atoms with van der Waals surface area (Å²) in [6, 6.07) is 15.0. The first kappa shape index (κ1) is 18.3. The molecule has 1 aliphatic carbocycles. The minimum absolute atomic E-state index is 0.104. The van der Waals surface area contributed by atoms with Crippen LogP contribution in [-0.4, -0.2) is 43.5 Å². The average molecular weight is 415 g/mol. The fraction of sp³-hybridized carbons (Fsp3) is 0.409. The fourth-order valence-electron chi connectivity index (χ4n) is 3.74. The SMILES string of the molecule is COc1cc(C2C=NC(c3ccc(Cl)cc3)S2)ccc1OC1CN(C2CC2)C1. The monoisotopic (exact) mass is 414 g/mol. The molecule has 6 heteroatoms. The quantitative estimate of drug-likeness (QED) is 0.656. The molecule has 2 aromatic rings. The number of thioether (sulfide) groups is 1. The summed E-state index contributed by atoms with van der Waals surface area (Å²) in [7, 11) is 1.70. The van der Waals surface area contributed by atoms with Crippen LogP contribution in [-0.2, 0) is 0 Å². The van der Waals surface area contributed by atoms with E-state index < -0.39 is 0 Å². The second kappa shape index (κ2) is 7.62. The second-order valence-corrected chi connectivity index (χ2v) is 9.26. The van der Waals surface area contributed by atoms with Crippen molar-refractivity contribution in [2.75, 3.05) is 20.2 Å². The minimum Gasteiger partial charge on any atom is -0.493 e. The molecule has 2 atom stereocenters. The van der Waals surface area contributed by atoms with E-state index in [0.29, 0.717) is 0 Å². The van der Waals surface area contributed by atoms with Crippen molar-refractivity contribution < 1.29 is 9.47 Å². The third-order valence-electron chi connectivity index (χ3n) is 5.54. The van der Waals surface area contributed by atoms with Gasteiger partial charge in [0, 0.05) is 30.4 Å². The third kappa shape index (κ3) is 3.76. The van der Waals surface area contributed by atoms with Crippen LogP contribution < -0.4 is 9.47 Å². The Morgan fingerprint density at radius 3 is 2.50 bits per heavy atom. The van der Waals surface area contributed by atoms with E-state index in [0.717, 1.165) is 35.7 Å². The summed E-state index contributed by atoms with van der Waals surface area (Å²) >= 11 is 7.81. The normalized spacial score (nSPS) is 24.9. The molecule has 146 valence electrons. The third-order valence-corrected chi connectivity index (χ3v) is 7.13. The van der Waals surface area contributed by atoms with E-state index in [9.17, 15) is 0 Å².